The van der Waals surface area contributed by atoms with E-state index in [4.69, 9.17) is 0 Å². The summed E-state index contributed by atoms with van der Waals surface area (Å²) in [4.78, 5) is 0. The van der Waals surface area contributed by atoms with Crippen LogP contribution in [0.3, 0.4) is 0 Å². The zero-order chi connectivity index (χ0) is 12.0. The Labute approximate surface area is 100 Å². The van der Waals surface area contributed by atoms with Crippen LogP contribution in [0.1, 0.15) is 50.7 Å². The van der Waals surface area contributed by atoms with Gasteiger partial charge in [-0.05, 0) is 43.9 Å². The molecule has 0 aromatic heterocycles. The maximum Gasteiger partial charge on any atom is 0.00414 e. The molecule has 1 nitrogen and oxygen atoms in total. The van der Waals surface area contributed by atoms with Gasteiger partial charge < -0.3 is 5.32 Å². The third-order valence-corrected chi connectivity index (χ3v) is 3.26. The highest BCUT2D eigenvalue weighted by atomic mass is 14.8. The molecule has 0 fully saturated rings. The molecule has 1 N–H and O–H groups in total. The lowest BCUT2D eigenvalue weighted by atomic mass is 9.92. The quantitative estimate of drug-likeness (QED) is 0.768. The predicted molar refractivity (Wildman–Crippen MR) is 72.0 cm³/mol. The van der Waals surface area contributed by atoms with Crippen LogP contribution < -0.4 is 5.32 Å². The normalized spacial score (nSPS) is 14.8. The van der Waals surface area contributed by atoms with E-state index in [1.54, 1.807) is 0 Å². The van der Waals surface area contributed by atoms with Gasteiger partial charge in [-0.2, -0.15) is 0 Å². The van der Waals surface area contributed by atoms with Gasteiger partial charge >= 0.3 is 0 Å². The summed E-state index contributed by atoms with van der Waals surface area (Å²) in [6, 6.07) is 9.65. The Morgan fingerprint density at radius 3 is 2.62 bits per heavy atom. The molecule has 0 saturated carbocycles. The number of nitrogens with one attached hydrogen (secondary N) is 1. The summed E-state index contributed by atoms with van der Waals surface area (Å²) in [6.07, 6.45) is 3.62. The first kappa shape index (κ1) is 13.2. The first-order valence-electron chi connectivity index (χ1n) is 6.43. The molecule has 0 aliphatic rings. The predicted octanol–water partition coefficient (Wildman–Crippen LogP) is 3.74. The molecule has 0 aliphatic carbocycles. The molecule has 1 rings (SSSR count). The fourth-order valence-corrected chi connectivity index (χ4v) is 2.13. The van der Waals surface area contributed by atoms with Gasteiger partial charge in [0.05, 0.1) is 0 Å². The third kappa shape index (κ3) is 3.97. The Morgan fingerprint density at radius 2 is 2.00 bits per heavy atom. The highest BCUT2D eigenvalue weighted by molar-refractivity contribution is 5.26. The summed E-state index contributed by atoms with van der Waals surface area (Å²) in [7, 11) is 2.03. The number of benzene rings is 1. The first-order valence-corrected chi connectivity index (χ1v) is 6.43. The molecule has 1 aromatic rings. The molecule has 90 valence electrons. The van der Waals surface area contributed by atoms with Gasteiger partial charge in [0.2, 0.25) is 0 Å². The smallest absolute Gasteiger partial charge is 0.00414 e. The van der Waals surface area contributed by atoms with E-state index in [1.165, 1.54) is 30.4 Å². The van der Waals surface area contributed by atoms with E-state index in [1.807, 2.05) is 7.05 Å². The van der Waals surface area contributed by atoms with Gasteiger partial charge in [0.25, 0.3) is 0 Å². The SMILES string of the molecule is CCCc1cccc(C(C)CC(C)NC)c1. The summed E-state index contributed by atoms with van der Waals surface area (Å²) < 4.78 is 0. The van der Waals surface area contributed by atoms with Crippen molar-refractivity contribution in [3.63, 3.8) is 0 Å². The maximum absolute atomic E-state index is 3.31. The van der Waals surface area contributed by atoms with E-state index in [2.05, 4.69) is 50.4 Å². The Bertz CT molecular complexity index is 306. The van der Waals surface area contributed by atoms with Crippen LogP contribution in [0.25, 0.3) is 0 Å². The summed E-state index contributed by atoms with van der Waals surface area (Å²) in [5, 5.41) is 3.31. The number of aryl methyl sites for hydroxylation is 1. The van der Waals surface area contributed by atoms with Crippen LogP contribution in [-0.2, 0) is 6.42 Å². The van der Waals surface area contributed by atoms with Crippen LogP contribution in [0.15, 0.2) is 24.3 Å². The fourth-order valence-electron chi connectivity index (χ4n) is 2.13. The van der Waals surface area contributed by atoms with Crippen LogP contribution in [0.4, 0.5) is 0 Å². The van der Waals surface area contributed by atoms with Gasteiger partial charge in [0.1, 0.15) is 0 Å². The van der Waals surface area contributed by atoms with E-state index in [9.17, 15) is 0 Å². The van der Waals surface area contributed by atoms with Crippen molar-refractivity contribution in [2.45, 2.75) is 52.0 Å². The summed E-state index contributed by atoms with van der Waals surface area (Å²) in [5.74, 6) is 0.638. The van der Waals surface area contributed by atoms with E-state index in [-0.39, 0.29) is 0 Å². The molecule has 0 spiro atoms. The van der Waals surface area contributed by atoms with Crippen LogP contribution in [0.5, 0.6) is 0 Å². The topological polar surface area (TPSA) is 12.0 Å². The molecule has 2 unspecified atom stereocenters. The maximum atomic E-state index is 3.31. The summed E-state index contributed by atoms with van der Waals surface area (Å²) in [6.45, 7) is 6.80. The molecule has 1 aromatic carbocycles. The first-order chi connectivity index (χ1) is 7.67. The lowest BCUT2D eigenvalue weighted by Crippen LogP contribution is -2.22. The molecule has 0 heterocycles. The molecule has 0 amide bonds. The Balaban J connectivity index is 2.67. The third-order valence-electron chi connectivity index (χ3n) is 3.26. The zero-order valence-corrected chi connectivity index (χ0v) is 11.1. The van der Waals surface area contributed by atoms with Crippen molar-refractivity contribution in [1.82, 2.24) is 5.32 Å². The Morgan fingerprint density at radius 1 is 1.25 bits per heavy atom. The average Bonchev–Trinajstić information content (AvgIpc) is 2.29. The minimum atomic E-state index is 0.588. The minimum Gasteiger partial charge on any atom is -0.317 e. The Hall–Kier alpha value is -0.820. The van der Waals surface area contributed by atoms with E-state index < -0.39 is 0 Å². The van der Waals surface area contributed by atoms with Gasteiger partial charge in [-0.1, -0.05) is 44.5 Å². The summed E-state index contributed by atoms with van der Waals surface area (Å²) in [5.41, 5.74) is 2.96. The minimum absolute atomic E-state index is 0.588. The van der Waals surface area contributed by atoms with Gasteiger partial charge in [0.15, 0.2) is 0 Å². The van der Waals surface area contributed by atoms with Gasteiger partial charge in [-0.25, -0.2) is 0 Å². The highest BCUT2D eigenvalue weighted by Crippen LogP contribution is 2.21. The lowest BCUT2D eigenvalue weighted by Gasteiger charge is -2.17. The standard InChI is InChI=1S/C15H25N/c1-5-7-14-8-6-9-15(11-14)12(2)10-13(3)16-4/h6,8-9,11-13,16H,5,7,10H2,1-4H3. The molecule has 0 radical (unpaired) electrons. The van der Waals surface area contributed by atoms with E-state index in [0.29, 0.717) is 12.0 Å². The fraction of sp³-hybridized carbons (Fsp3) is 0.600. The van der Waals surface area contributed by atoms with Crippen LogP contribution in [-0.4, -0.2) is 13.1 Å². The molecule has 0 aliphatic heterocycles. The van der Waals surface area contributed by atoms with Crippen molar-refractivity contribution >= 4 is 0 Å². The molecule has 2 atom stereocenters. The molecule has 0 saturated heterocycles. The average molecular weight is 219 g/mol. The van der Waals surface area contributed by atoms with E-state index >= 15 is 0 Å². The second-order valence-corrected chi connectivity index (χ2v) is 4.82. The van der Waals surface area contributed by atoms with E-state index in [0.717, 1.165) is 0 Å². The van der Waals surface area contributed by atoms with Crippen LogP contribution >= 0.6 is 0 Å². The molecule has 0 bridgehead atoms. The van der Waals surface area contributed by atoms with Crippen molar-refractivity contribution < 1.29 is 0 Å². The van der Waals surface area contributed by atoms with Gasteiger partial charge in [-0.3, -0.25) is 0 Å². The largest absolute Gasteiger partial charge is 0.317 e. The van der Waals surface area contributed by atoms with Crippen molar-refractivity contribution in [3.05, 3.63) is 35.4 Å². The second kappa shape index (κ2) is 6.70. The monoisotopic (exact) mass is 219 g/mol. The number of hydrogen-bond donors (Lipinski definition) is 1. The molecular formula is C15H25N. The zero-order valence-electron chi connectivity index (χ0n) is 11.1. The van der Waals surface area contributed by atoms with Crippen molar-refractivity contribution in [2.75, 3.05) is 7.05 Å². The highest BCUT2D eigenvalue weighted by Gasteiger charge is 2.09. The Kier molecular flexibility index (Phi) is 5.54. The van der Waals surface area contributed by atoms with Crippen LogP contribution in [0.2, 0.25) is 0 Å². The number of hydrogen-bond acceptors (Lipinski definition) is 1. The van der Waals surface area contributed by atoms with Gasteiger partial charge in [0, 0.05) is 6.04 Å². The lowest BCUT2D eigenvalue weighted by molar-refractivity contribution is 0.516. The second-order valence-electron chi connectivity index (χ2n) is 4.82. The number of rotatable bonds is 6. The van der Waals surface area contributed by atoms with Crippen molar-refractivity contribution in [2.24, 2.45) is 0 Å². The van der Waals surface area contributed by atoms with Crippen molar-refractivity contribution in [1.29, 1.82) is 0 Å². The summed E-state index contributed by atoms with van der Waals surface area (Å²) >= 11 is 0. The van der Waals surface area contributed by atoms with Gasteiger partial charge in [-0.15, -0.1) is 0 Å². The van der Waals surface area contributed by atoms with Crippen molar-refractivity contribution in [3.8, 4) is 0 Å². The molecule has 16 heavy (non-hydrogen) atoms. The van der Waals surface area contributed by atoms with Crippen LogP contribution in [0, 0.1) is 0 Å². The molecule has 1 heteroatoms. The molecular weight excluding hydrogens is 194 g/mol.